The molecule has 1 aliphatic carbocycles. The van der Waals surface area contributed by atoms with E-state index in [1.807, 2.05) is 0 Å². The average molecular weight is 351 g/mol. The molecule has 138 valence electrons. The Hall–Kier alpha value is -1.65. The van der Waals surface area contributed by atoms with Crippen LogP contribution in [0.25, 0.3) is 5.57 Å². The Morgan fingerprint density at radius 1 is 1.23 bits per heavy atom. The van der Waals surface area contributed by atoms with Gasteiger partial charge in [-0.2, -0.15) is 0 Å². The van der Waals surface area contributed by atoms with Gasteiger partial charge in [0, 0.05) is 30.7 Å². The van der Waals surface area contributed by atoms with Gasteiger partial charge in [0.1, 0.15) is 0 Å². The van der Waals surface area contributed by atoms with Gasteiger partial charge in [0.15, 0.2) is 5.78 Å². The van der Waals surface area contributed by atoms with E-state index in [1.54, 1.807) is 0 Å². The Morgan fingerprint density at radius 2 is 2.08 bits per heavy atom. The fourth-order valence-corrected chi connectivity index (χ4v) is 5.50. The molecule has 3 atom stereocenters. The molecular weight excluding hydrogens is 322 g/mol. The number of carbonyl (C=O) groups excluding carboxylic acids is 1. The number of likely N-dealkylation sites (tertiary alicyclic amines) is 1. The molecular formula is C22H29N3O. The lowest BCUT2D eigenvalue weighted by Crippen LogP contribution is -2.46. The van der Waals surface area contributed by atoms with Crippen molar-refractivity contribution in [1.29, 1.82) is 0 Å². The molecule has 26 heavy (non-hydrogen) atoms. The maximum Gasteiger partial charge on any atom is 0.154 e. The van der Waals surface area contributed by atoms with Gasteiger partial charge in [-0.1, -0.05) is 24.6 Å². The third-order valence-corrected chi connectivity index (χ3v) is 6.87. The second kappa shape index (κ2) is 6.50. The largest absolute Gasteiger partial charge is 0.384 e. The first-order valence-electron chi connectivity index (χ1n) is 10.2. The second-order valence-electron chi connectivity index (χ2n) is 8.57. The number of Topliss-reactive ketones (excluding diaryl/α,β-unsaturated/α-hetero) is 1. The van der Waals surface area contributed by atoms with Crippen LogP contribution in [0.2, 0.25) is 0 Å². The lowest BCUT2D eigenvalue weighted by atomic mass is 9.74. The number of anilines is 1. The Balaban J connectivity index is 1.44. The highest BCUT2D eigenvalue weighted by atomic mass is 16.1. The van der Waals surface area contributed by atoms with Gasteiger partial charge in [-0.3, -0.25) is 14.6 Å². The third kappa shape index (κ3) is 2.71. The second-order valence-corrected chi connectivity index (χ2v) is 8.57. The number of rotatable bonds is 3. The molecule has 1 N–H and O–H groups in total. The topological polar surface area (TPSA) is 35.6 Å². The van der Waals surface area contributed by atoms with Crippen molar-refractivity contribution < 1.29 is 4.79 Å². The Morgan fingerprint density at radius 3 is 2.92 bits per heavy atom. The van der Waals surface area contributed by atoms with Crippen molar-refractivity contribution in [2.24, 2.45) is 5.92 Å². The maximum atomic E-state index is 13.0. The predicted molar refractivity (Wildman–Crippen MR) is 105 cm³/mol. The molecule has 0 aromatic heterocycles. The molecule has 5 rings (SSSR count). The van der Waals surface area contributed by atoms with E-state index in [4.69, 9.17) is 0 Å². The molecule has 1 saturated heterocycles. The number of nitrogens with zero attached hydrogens (tertiary/aromatic N) is 2. The molecule has 3 unspecified atom stereocenters. The Kier molecular flexibility index (Phi) is 4.13. The zero-order chi connectivity index (χ0) is 17.7. The summed E-state index contributed by atoms with van der Waals surface area (Å²) in [5.41, 5.74) is 5.58. The van der Waals surface area contributed by atoms with E-state index < -0.39 is 0 Å². The summed E-state index contributed by atoms with van der Waals surface area (Å²) in [6.07, 6.45) is 7.29. The molecule has 0 amide bonds. The number of carbonyl (C=O) groups is 1. The minimum absolute atomic E-state index is 0.0370. The van der Waals surface area contributed by atoms with Gasteiger partial charge >= 0.3 is 0 Å². The SMILES string of the molecule is CN1CC(C(=O)CN2CCCCC2)C=C2c3cccc4c3C(CN4)CC21. The van der Waals surface area contributed by atoms with E-state index in [9.17, 15) is 4.79 Å². The number of fused-ring (bicyclic) bond motifs is 2. The van der Waals surface area contributed by atoms with E-state index in [-0.39, 0.29) is 5.92 Å². The zero-order valence-corrected chi connectivity index (χ0v) is 15.7. The van der Waals surface area contributed by atoms with Gasteiger partial charge < -0.3 is 5.32 Å². The van der Waals surface area contributed by atoms with Gasteiger partial charge in [0.05, 0.1) is 12.5 Å². The van der Waals surface area contributed by atoms with Crippen molar-refractivity contribution >= 4 is 17.0 Å². The zero-order valence-electron chi connectivity index (χ0n) is 15.7. The number of benzene rings is 1. The fraction of sp³-hybridized carbons (Fsp3) is 0.591. The molecule has 1 fully saturated rings. The van der Waals surface area contributed by atoms with Crippen LogP contribution >= 0.6 is 0 Å². The normalized spacial score (nSPS) is 31.0. The van der Waals surface area contributed by atoms with Gasteiger partial charge in [-0.25, -0.2) is 0 Å². The molecule has 0 bridgehead atoms. The van der Waals surface area contributed by atoms with Gasteiger partial charge in [0.2, 0.25) is 0 Å². The summed E-state index contributed by atoms with van der Waals surface area (Å²) in [5.74, 6) is 1.05. The molecule has 4 aliphatic rings. The Labute approximate surface area is 156 Å². The molecule has 0 radical (unpaired) electrons. The van der Waals surface area contributed by atoms with E-state index >= 15 is 0 Å². The molecule has 3 aliphatic heterocycles. The maximum absolute atomic E-state index is 13.0. The monoisotopic (exact) mass is 351 g/mol. The molecule has 1 aromatic rings. The number of ketones is 1. The minimum Gasteiger partial charge on any atom is -0.384 e. The van der Waals surface area contributed by atoms with Crippen LogP contribution in [0.5, 0.6) is 0 Å². The summed E-state index contributed by atoms with van der Waals surface area (Å²) in [7, 11) is 2.20. The van der Waals surface area contributed by atoms with Crippen LogP contribution in [-0.2, 0) is 4.79 Å². The van der Waals surface area contributed by atoms with Gasteiger partial charge in [-0.15, -0.1) is 0 Å². The third-order valence-electron chi connectivity index (χ3n) is 6.87. The first-order valence-corrected chi connectivity index (χ1v) is 10.2. The van der Waals surface area contributed by atoms with Crippen LogP contribution in [0.3, 0.4) is 0 Å². The van der Waals surface area contributed by atoms with Crippen LogP contribution in [0.15, 0.2) is 24.3 Å². The summed E-state index contributed by atoms with van der Waals surface area (Å²) < 4.78 is 0. The summed E-state index contributed by atoms with van der Waals surface area (Å²) >= 11 is 0. The smallest absolute Gasteiger partial charge is 0.154 e. The molecule has 0 spiro atoms. The first-order chi connectivity index (χ1) is 12.7. The Bertz CT molecular complexity index is 750. The number of likely N-dealkylation sites (N-methyl/N-ethyl adjacent to an activating group) is 1. The average Bonchev–Trinajstić information content (AvgIpc) is 3.08. The lowest BCUT2D eigenvalue weighted by molar-refractivity contribution is -0.123. The van der Waals surface area contributed by atoms with Crippen molar-refractivity contribution in [3.63, 3.8) is 0 Å². The van der Waals surface area contributed by atoms with Crippen molar-refractivity contribution in [3.8, 4) is 0 Å². The van der Waals surface area contributed by atoms with Crippen molar-refractivity contribution in [2.45, 2.75) is 37.6 Å². The van der Waals surface area contributed by atoms with Crippen molar-refractivity contribution in [2.75, 3.05) is 45.1 Å². The molecule has 4 nitrogen and oxygen atoms in total. The number of hydrogen-bond donors (Lipinski definition) is 1. The quantitative estimate of drug-likeness (QED) is 0.908. The predicted octanol–water partition coefficient (Wildman–Crippen LogP) is 2.97. The molecule has 4 heteroatoms. The van der Waals surface area contributed by atoms with Crippen molar-refractivity contribution in [1.82, 2.24) is 9.80 Å². The fourth-order valence-electron chi connectivity index (χ4n) is 5.50. The molecule has 0 saturated carbocycles. The van der Waals surface area contributed by atoms with E-state index in [1.165, 1.54) is 48.1 Å². The van der Waals surface area contributed by atoms with Crippen LogP contribution in [0.1, 0.15) is 42.7 Å². The van der Waals surface area contributed by atoms with Crippen LogP contribution < -0.4 is 5.32 Å². The minimum atomic E-state index is 0.0370. The molecule has 1 aromatic carbocycles. The number of piperidine rings is 1. The van der Waals surface area contributed by atoms with Crippen LogP contribution in [0, 0.1) is 5.92 Å². The highest BCUT2D eigenvalue weighted by Crippen LogP contribution is 2.48. The van der Waals surface area contributed by atoms with Crippen molar-refractivity contribution in [3.05, 3.63) is 35.4 Å². The standard InChI is InChI=1S/C22H29N3O/c1-24-13-16(21(26)14-25-8-3-2-4-9-25)10-18-17-6-5-7-19-22(17)15(12-23-19)11-20(18)24/h5-7,10,15-16,20,23H,2-4,8-9,11-14H2,1H3. The first kappa shape index (κ1) is 16.5. The van der Waals surface area contributed by atoms with E-state index in [2.05, 4.69) is 46.4 Å². The molecule has 3 heterocycles. The van der Waals surface area contributed by atoms with E-state index in [0.29, 0.717) is 24.3 Å². The van der Waals surface area contributed by atoms with E-state index in [0.717, 1.165) is 26.2 Å². The lowest BCUT2D eigenvalue weighted by Gasteiger charge is -2.42. The summed E-state index contributed by atoms with van der Waals surface area (Å²) in [5, 5.41) is 3.58. The number of hydrogen-bond acceptors (Lipinski definition) is 4. The van der Waals surface area contributed by atoms with Crippen LogP contribution in [-0.4, -0.2) is 61.4 Å². The summed E-state index contributed by atoms with van der Waals surface area (Å²) in [6.45, 7) is 4.74. The summed E-state index contributed by atoms with van der Waals surface area (Å²) in [6, 6.07) is 7.08. The number of nitrogens with one attached hydrogen (secondary N) is 1. The van der Waals surface area contributed by atoms with Crippen LogP contribution in [0.4, 0.5) is 5.69 Å². The van der Waals surface area contributed by atoms with Gasteiger partial charge in [0.25, 0.3) is 0 Å². The summed E-state index contributed by atoms with van der Waals surface area (Å²) in [4.78, 5) is 17.8. The highest BCUT2D eigenvalue weighted by Gasteiger charge is 2.40. The highest BCUT2D eigenvalue weighted by molar-refractivity contribution is 5.89. The van der Waals surface area contributed by atoms with Gasteiger partial charge in [-0.05, 0) is 62.2 Å².